The third-order valence-corrected chi connectivity index (χ3v) is 1.41. The van der Waals surface area contributed by atoms with Crippen molar-refractivity contribution in [1.82, 2.24) is 4.98 Å². The molecule has 0 saturated heterocycles. The topological polar surface area (TPSA) is 33.1 Å². The number of hydrogen-bond acceptors (Lipinski definition) is 2. The molecule has 0 aliphatic rings. The van der Waals surface area contributed by atoms with Crippen LogP contribution in [0.5, 0.6) is 0 Å². The molecule has 2 heteroatoms. The third kappa shape index (κ3) is 2.16. The van der Waals surface area contributed by atoms with E-state index in [0.717, 1.165) is 11.4 Å². The Labute approximate surface area is 66.2 Å². The predicted octanol–water partition coefficient (Wildman–Crippen LogP) is 1.26. The summed E-state index contributed by atoms with van der Waals surface area (Å²) < 4.78 is 0. The molecule has 0 bridgehead atoms. The fourth-order valence-corrected chi connectivity index (χ4v) is 0.866. The molecule has 1 aromatic heterocycles. The van der Waals surface area contributed by atoms with Crippen LogP contribution < -0.4 is 0 Å². The third-order valence-electron chi connectivity index (χ3n) is 1.41. The van der Waals surface area contributed by atoms with E-state index in [1.54, 1.807) is 6.08 Å². The Bertz CT molecular complexity index is 245. The summed E-state index contributed by atoms with van der Waals surface area (Å²) in [7, 11) is 0. The van der Waals surface area contributed by atoms with Crippen LogP contribution in [0.25, 0.3) is 6.08 Å². The minimum absolute atomic E-state index is 0.146. The molecule has 1 heterocycles. The lowest BCUT2D eigenvalue weighted by atomic mass is 10.2. The molecule has 1 rings (SSSR count). The molecule has 0 saturated carbocycles. The molecule has 0 fully saturated rings. The number of hydrogen-bond donors (Lipinski definition) is 1. The monoisotopic (exact) mass is 149 g/mol. The molecule has 0 amide bonds. The summed E-state index contributed by atoms with van der Waals surface area (Å²) in [6.07, 6.45) is 2.31. The molecule has 0 unspecified atom stereocenters. The van der Waals surface area contributed by atoms with Crippen LogP contribution in [0.2, 0.25) is 0 Å². The van der Waals surface area contributed by atoms with Crippen molar-refractivity contribution in [2.45, 2.75) is 6.42 Å². The van der Waals surface area contributed by atoms with E-state index in [1.165, 1.54) is 0 Å². The second kappa shape index (κ2) is 3.88. The van der Waals surface area contributed by atoms with Crippen LogP contribution in [-0.4, -0.2) is 16.7 Å². The zero-order valence-corrected chi connectivity index (χ0v) is 6.33. The SMILES string of the molecule is C=Cc1cccc(CCO)n1. The van der Waals surface area contributed by atoms with E-state index in [-0.39, 0.29) is 6.61 Å². The van der Waals surface area contributed by atoms with Crippen LogP contribution in [0.3, 0.4) is 0 Å². The highest BCUT2D eigenvalue weighted by Crippen LogP contribution is 2.00. The van der Waals surface area contributed by atoms with Crippen molar-refractivity contribution in [3.05, 3.63) is 36.2 Å². The van der Waals surface area contributed by atoms with Gasteiger partial charge in [-0.15, -0.1) is 0 Å². The first-order valence-electron chi connectivity index (χ1n) is 3.56. The molecule has 0 aromatic carbocycles. The van der Waals surface area contributed by atoms with Gasteiger partial charge in [0.1, 0.15) is 0 Å². The summed E-state index contributed by atoms with van der Waals surface area (Å²) in [5.74, 6) is 0. The highest BCUT2D eigenvalue weighted by Gasteiger charge is 1.92. The largest absolute Gasteiger partial charge is 0.396 e. The average Bonchev–Trinajstić information content (AvgIpc) is 2.06. The molecule has 0 spiro atoms. The van der Waals surface area contributed by atoms with E-state index in [0.29, 0.717) is 6.42 Å². The maximum Gasteiger partial charge on any atom is 0.0627 e. The summed E-state index contributed by atoms with van der Waals surface area (Å²) in [4.78, 5) is 4.20. The predicted molar refractivity (Wildman–Crippen MR) is 45.1 cm³/mol. The smallest absolute Gasteiger partial charge is 0.0627 e. The summed E-state index contributed by atoms with van der Waals surface area (Å²) in [6.45, 7) is 3.75. The Balaban J connectivity index is 2.82. The molecular formula is C9H11NO. The lowest BCUT2D eigenvalue weighted by molar-refractivity contribution is 0.298. The lowest BCUT2D eigenvalue weighted by Gasteiger charge is -1.97. The van der Waals surface area contributed by atoms with Gasteiger partial charge in [-0.25, -0.2) is 0 Å². The minimum atomic E-state index is 0.146. The lowest BCUT2D eigenvalue weighted by Crippen LogP contribution is -1.94. The van der Waals surface area contributed by atoms with Crippen molar-refractivity contribution in [2.24, 2.45) is 0 Å². The zero-order chi connectivity index (χ0) is 8.10. The van der Waals surface area contributed by atoms with Gasteiger partial charge in [0.05, 0.1) is 5.69 Å². The van der Waals surface area contributed by atoms with Gasteiger partial charge in [0.25, 0.3) is 0 Å². The second-order valence-corrected chi connectivity index (χ2v) is 2.23. The highest BCUT2D eigenvalue weighted by molar-refractivity contribution is 5.41. The van der Waals surface area contributed by atoms with Gasteiger partial charge in [-0.1, -0.05) is 12.6 Å². The molecule has 0 aliphatic heterocycles. The molecule has 1 aromatic rings. The number of nitrogens with zero attached hydrogens (tertiary/aromatic N) is 1. The molecule has 2 nitrogen and oxygen atoms in total. The van der Waals surface area contributed by atoms with E-state index < -0.39 is 0 Å². The van der Waals surface area contributed by atoms with Gasteiger partial charge in [-0.2, -0.15) is 0 Å². The molecule has 11 heavy (non-hydrogen) atoms. The Hall–Kier alpha value is -1.15. The van der Waals surface area contributed by atoms with E-state index in [4.69, 9.17) is 5.11 Å². The van der Waals surface area contributed by atoms with Crippen molar-refractivity contribution < 1.29 is 5.11 Å². The first-order chi connectivity index (χ1) is 5.36. The molecule has 0 radical (unpaired) electrons. The number of pyridine rings is 1. The quantitative estimate of drug-likeness (QED) is 0.701. The van der Waals surface area contributed by atoms with Crippen molar-refractivity contribution in [3.63, 3.8) is 0 Å². The van der Waals surface area contributed by atoms with E-state index in [9.17, 15) is 0 Å². The number of aliphatic hydroxyl groups is 1. The summed E-state index contributed by atoms with van der Waals surface area (Å²) >= 11 is 0. The number of rotatable bonds is 3. The number of aliphatic hydroxyl groups excluding tert-OH is 1. The Morgan fingerprint density at radius 3 is 3.00 bits per heavy atom. The maximum atomic E-state index is 8.62. The first kappa shape index (κ1) is 7.95. The van der Waals surface area contributed by atoms with E-state index in [1.807, 2.05) is 18.2 Å². The fourth-order valence-electron chi connectivity index (χ4n) is 0.866. The molecule has 0 aliphatic carbocycles. The number of aromatic nitrogens is 1. The van der Waals surface area contributed by atoms with Crippen LogP contribution in [0.1, 0.15) is 11.4 Å². The first-order valence-corrected chi connectivity index (χ1v) is 3.56. The Kier molecular flexibility index (Phi) is 2.81. The summed E-state index contributed by atoms with van der Waals surface area (Å²) in [5.41, 5.74) is 1.76. The van der Waals surface area contributed by atoms with Crippen molar-refractivity contribution in [1.29, 1.82) is 0 Å². The van der Waals surface area contributed by atoms with E-state index >= 15 is 0 Å². The van der Waals surface area contributed by atoms with Gasteiger partial charge in [-0.05, 0) is 18.2 Å². The highest BCUT2D eigenvalue weighted by atomic mass is 16.3. The maximum absolute atomic E-state index is 8.62. The van der Waals surface area contributed by atoms with Crippen LogP contribution in [0, 0.1) is 0 Å². The van der Waals surface area contributed by atoms with Crippen molar-refractivity contribution in [3.8, 4) is 0 Å². The molecule has 1 N–H and O–H groups in total. The second-order valence-electron chi connectivity index (χ2n) is 2.23. The average molecular weight is 149 g/mol. The molecule has 58 valence electrons. The molecular weight excluding hydrogens is 138 g/mol. The van der Waals surface area contributed by atoms with Crippen molar-refractivity contribution >= 4 is 6.08 Å². The summed E-state index contributed by atoms with van der Waals surface area (Å²) in [6, 6.07) is 5.69. The van der Waals surface area contributed by atoms with Crippen LogP contribution >= 0.6 is 0 Å². The van der Waals surface area contributed by atoms with Gasteiger partial charge < -0.3 is 5.11 Å². The van der Waals surface area contributed by atoms with Gasteiger partial charge in [-0.3, -0.25) is 4.98 Å². The summed E-state index contributed by atoms with van der Waals surface area (Å²) in [5, 5.41) is 8.62. The Morgan fingerprint density at radius 2 is 2.36 bits per heavy atom. The van der Waals surface area contributed by atoms with Crippen molar-refractivity contribution in [2.75, 3.05) is 6.61 Å². The van der Waals surface area contributed by atoms with Crippen LogP contribution in [-0.2, 0) is 6.42 Å². The fraction of sp³-hybridized carbons (Fsp3) is 0.222. The van der Waals surface area contributed by atoms with Gasteiger partial charge >= 0.3 is 0 Å². The standard InChI is InChI=1S/C9H11NO/c1-2-8-4-3-5-9(10-8)6-7-11/h2-5,11H,1,6-7H2. The normalized spacial score (nSPS) is 9.55. The van der Waals surface area contributed by atoms with E-state index in [2.05, 4.69) is 11.6 Å². The molecule has 0 atom stereocenters. The van der Waals surface area contributed by atoms with Crippen LogP contribution in [0.4, 0.5) is 0 Å². The van der Waals surface area contributed by atoms with Crippen LogP contribution in [0.15, 0.2) is 24.8 Å². The zero-order valence-electron chi connectivity index (χ0n) is 6.33. The van der Waals surface area contributed by atoms with Gasteiger partial charge in [0.2, 0.25) is 0 Å². The van der Waals surface area contributed by atoms with Gasteiger partial charge in [0.15, 0.2) is 0 Å². The minimum Gasteiger partial charge on any atom is -0.396 e. The van der Waals surface area contributed by atoms with Gasteiger partial charge in [0, 0.05) is 18.7 Å². The Morgan fingerprint density at radius 1 is 1.55 bits per heavy atom.